The fraction of sp³-hybridized carbons (Fsp3) is 0.118. The molecule has 0 bridgehead atoms. The number of carbonyl (C=O) groups excluding carboxylic acids is 1. The Balaban J connectivity index is 2.20. The SMILES string of the molecule is COC(=O)c1nc2ccccc2c(=O)n1Cc1ccc(F)cc1. The zero-order chi connectivity index (χ0) is 16.4. The lowest BCUT2D eigenvalue weighted by Crippen LogP contribution is -2.29. The van der Waals surface area contributed by atoms with Gasteiger partial charge in [-0.15, -0.1) is 0 Å². The molecule has 6 heteroatoms. The highest BCUT2D eigenvalue weighted by atomic mass is 19.1. The van der Waals surface area contributed by atoms with Gasteiger partial charge in [-0.1, -0.05) is 24.3 Å². The van der Waals surface area contributed by atoms with Crippen molar-refractivity contribution >= 4 is 16.9 Å². The number of benzene rings is 2. The Bertz CT molecular complexity index is 933. The standard InChI is InChI=1S/C17H13FN2O3/c1-23-17(22)15-19-14-5-3-2-4-13(14)16(21)20(15)10-11-6-8-12(18)9-7-11/h2-9H,10H2,1H3. The van der Waals surface area contributed by atoms with Gasteiger partial charge in [-0.3, -0.25) is 9.36 Å². The minimum absolute atomic E-state index is 0.0828. The molecule has 0 unspecified atom stereocenters. The van der Waals surface area contributed by atoms with Gasteiger partial charge < -0.3 is 4.74 Å². The summed E-state index contributed by atoms with van der Waals surface area (Å²) in [5.41, 5.74) is 0.754. The average molecular weight is 312 g/mol. The predicted octanol–water partition coefficient (Wildman–Crippen LogP) is 2.37. The molecule has 0 aliphatic heterocycles. The van der Waals surface area contributed by atoms with Crippen molar-refractivity contribution in [2.45, 2.75) is 6.54 Å². The molecule has 5 nitrogen and oxygen atoms in total. The van der Waals surface area contributed by atoms with Crippen LogP contribution in [-0.2, 0) is 11.3 Å². The molecule has 0 aliphatic carbocycles. The summed E-state index contributed by atoms with van der Waals surface area (Å²) in [6.07, 6.45) is 0. The predicted molar refractivity (Wildman–Crippen MR) is 82.8 cm³/mol. The van der Waals surface area contributed by atoms with Crippen LogP contribution in [0.1, 0.15) is 16.2 Å². The second kappa shape index (κ2) is 6.00. The summed E-state index contributed by atoms with van der Waals surface area (Å²) in [5, 5.41) is 0.405. The molecule has 0 saturated heterocycles. The number of nitrogens with zero attached hydrogens (tertiary/aromatic N) is 2. The summed E-state index contributed by atoms with van der Waals surface area (Å²) in [6.45, 7) is 0.0986. The van der Waals surface area contributed by atoms with Gasteiger partial charge in [-0.05, 0) is 29.8 Å². The van der Waals surface area contributed by atoms with Crippen molar-refractivity contribution in [3.05, 3.63) is 76.1 Å². The van der Waals surface area contributed by atoms with E-state index in [9.17, 15) is 14.0 Å². The zero-order valence-corrected chi connectivity index (χ0v) is 12.3. The van der Waals surface area contributed by atoms with Crippen LogP contribution >= 0.6 is 0 Å². The molecule has 0 fully saturated rings. The van der Waals surface area contributed by atoms with Crippen LogP contribution in [0.5, 0.6) is 0 Å². The van der Waals surface area contributed by atoms with E-state index < -0.39 is 5.97 Å². The zero-order valence-electron chi connectivity index (χ0n) is 12.3. The third-order valence-electron chi connectivity index (χ3n) is 3.48. The van der Waals surface area contributed by atoms with E-state index >= 15 is 0 Å². The number of rotatable bonds is 3. The molecule has 0 spiro atoms. The van der Waals surface area contributed by atoms with E-state index in [1.165, 1.54) is 23.8 Å². The first-order valence-electron chi connectivity index (χ1n) is 6.92. The molecular formula is C17H13FN2O3. The van der Waals surface area contributed by atoms with Crippen LogP contribution in [0.4, 0.5) is 4.39 Å². The van der Waals surface area contributed by atoms with Gasteiger partial charge in [0.2, 0.25) is 5.82 Å². The second-order valence-electron chi connectivity index (χ2n) is 4.96. The molecule has 0 atom stereocenters. The lowest BCUT2D eigenvalue weighted by molar-refractivity contribution is 0.0580. The minimum atomic E-state index is -0.699. The average Bonchev–Trinajstić information content (AvgIpc) is 2.58. The van der Waals surface area contributed by atoms with Gasteiger partial charge in [-0.2, -0.15) is 0 Å². The number of aromatic nitrogens is 2. The highest BCUT2D eigenvalue weighted by molar-refractivity contribution is 5.88. The van der Waals surface area contributed by atoms with Crippen molar-refractivity contribution in [2.24, 2.45) is 0 Å². The fourth-order valence-electron chi connectivity index (χ4n) is 2.33. The number of para-hydroxylation sites is 1. The molecule has 1 aromatic heterocycles. The summed E-state index contributed by atoms with van der Waals surface area (Å²) in [7, 11) is 1.23. The normalized spacial score (nSPS) is 10.7. The molecule has 0 amide bonds. The molecule has 116 valence electrons. The van der Waals surface area contributed by atoms with Crippen molar-refractivity contribution in [3.8, 4) is 0 Å². The van der Waals surface area contributed by atoms with E-state index in [-0.39, 0.29) is 23.7 Å². The largest absolute Gasteiger partial charge is 0.463 e. The smallest absolute Gasteiger partial charge is 0.374 e. The molecule has 1 heterocycles. The van der Waals surface area contributed by atoms with E-state index in [1.54, 1.807) is 36.4 Å². The van der Waals surface area contributed by atoms with Crippen LogP contribution in [0, 0.1) is 5.82 Å². The quantitative estimate of drug-likeness (QED) is 0.697. The first kappa shape index (κ1) is 14.9. The Morgan fingerprint density at radius 3 is 2.57 bits per heavy atom. The molecule has 3 aromatic rings. The van der Waals surface area contributed by atoms with E-state index in [2.05, 4.69) is 4.98 Å². The molecule has 3 rings (SSSR count). The number of ether oxygens (including phenoxy) is 1. The van der Waals surface area contributed by atoms with Crippen LogP contribution in [-0.4, -0.2) is 22.6 Å². The third kappa shape index (κ3) is 2.83. The summed E-state index contributed by atoms with van der Waals surface area (Å²) in [5.74, 6) is -1.15. The van der Waals surface area contributed by atoms with Crippen LogP contribution in [0.3, 0.4) is 0 Å². The Labute approximate surface area is 131 Å². The summed E-state index contributed by atoms with van der Waals surface area (Å²) in [6, 6.07) is 12.5. The van der Waals surface area contributed by atoms with Gasteiger partial charge in [0.25, 0.3) is 5.56 Å². The number of halogens is 1. The van der Waals surface area contributed by atoms with Crippen LogP contribution < -0.4 is 5.56 Å². The number of methoxy groups -OCH3 is 1. The monoisotopic (exact) mass is 312 g/mol. The van der Waals surface area contributed by atoms with Crippen molar-refractivity contribution in [2.75, 3.05) is 7.11 Å². The molecule has 0 saturated carbocycles. The second-order valence-corrected chi connectivity index (χ2v) is 4.96. The molecular weight excluding hydrogens is 299 g/mol. The van der Waals surface area contributed by atoms with Gasteiger partial charge >= 0.3 is 5.97 Å². The highest BCUT2D eigenvalue weighted by Crippen LogP contribution is 2.11. The van der Waals surface area contributed by atoms with Crippen molar-refractivity contribution in [3.63, 3.8) is 0 Å². The molecule has 2 aromatic carbocycles. The lowest BCUT2D eigenvalue weighted by atomic mass is 10.2. The maximum atomic E-state index is 13.0. The van der Waals surface area contributed by atoms with Gasteiger partial charge in [0.15, 0.2) is 0 Å². The number of hydrogen-bond donors (Lipinski definition) is 0. The third-order valence-corrected chi connectivity index (χ3v) is 3.48. The molecule has 0 aliphatic rings. The van der Waals surface area contributed by atoms with E-state index in [4.69, 9.17) is 4.74 Å². The van der Waals surface area contributed by atoms with Crippen molar-refractivity contribution < 1.29 is 13.9 Å². The van der Waals surface area contributed by atoms with E-state index in [0.717, 1.165) is 0 Å². The van der Waals surface area contributed by atoms with E-state index in [0.29, 0.717) is 16.5 Å². The number of esters is 1. The Hall–Kier alpha value is -3.02. The molecule has 23 heavy (non-hydrogen) atoms. The maximum Gasteiger partial charge on any atom is 0.374 e. The van der Waals surface area contributed by atoms with Gasteiger partial charge in [-0.25, -0.2) is 14.2 Å². The van der Waals surface area contributed by atoms with Crippen LogP contribution in [0.15, 0.2) is 53.3 Å². The minimum Gasteiger partial charge on any atom is -0.463 e. The summed E-state index contributed by atoms with van der Waals surface area (Å²) >= 11 is 0. The van der Waals surface area contributed by atoms with Crippen LogP contribution in [0.2, 0.25) is 0 Å². The maximum absolute atomic E-state index is 13.0. The van der Waals surface area contributed by atoms with Gasteiger partial charge in [0, 0.05) is 0 Å². The lowest BCUT2D eigenvalue weighted by Gasteiger charge is -2.12. The topological polar surface area (TPSA) is 61.2 Å². The van der Waals surface area contributed by atoms with Gasteiger partial charge in [0.1, 0.15) is 5.82 Å². The van der Waals surface area contributed by atoms with Gasteiger partial charge in [0.05, 0.1) is 24.6 Å². The fourth-order valence-corrected chi connectivity index (χ4v) is 2.33. The first-order valence-corrected chi connectivity index (χ1v) is 6.92. The molecule has 0 N–H and O–H groups in total. The first-order chi connectivity index (χ1) is 11.1. The number of hydrogen-bond acceptors (Lipinski definition) is 4. The number of fused-ring (bicyclic) bond motifs is 1. The van der Waals surface area contributed by atoms with Crippen molar-refractivity contribution in [1.29, 1.82) is 0 Å². The Morgan fingerprint density at radius 1 is 1.17 bits per heavy atom. The Morgan fingerprint density at radius 2 is 1.87 bits per heavy atom. The Kier molecular flexibility index (Phi) is 3.89. The number of carbonyl (C=O) groups is 1. The molecule has 0 radical (unpaired) electrons. The highest BCUT2D eigenvalue weighted by Gasteiger charge is 2.18. The summed E-state index contributed by atoms with van der Waals surface area (Å²) < 4.78 is 19.0. The van der Waals surface area contributed by atoms with Crippen molar-refractivity contribution in [1.82, 2.24) is 9.55 Å². The van der Waals surface area contributed by atoms with E-state index in [1.807, 2.05) is 0 Å². The summed E-state index contributed by atoms with van der Waals surface area (Å²) in [4.78, 5) is 28.9. The van der Waals surface area contributed by atoms with Crippen LogP contribution in [0.25, 0.3) is 10.9 Å².